The van der Waals surface area contributed by atoms with Gasteiger partial charge in [-0.3, -0.25) is 14.4 Å². The highest BCUT2D eigenvalue weighted by Gasteiger charge is 2.28. The lowest BCUT2D eigenvalue weighted by atomic mass is 10.1. The van der Waals surface area contributed by atoms with Crippen LogP contribution in [-0.2, 0) is 14.9 Å². The van der Waals surface area contributed by atoms with E-state index in [9.17, 15) is 17.6 Å². The van der Waals surface area contributed by atoms with Crippen LogP contribution in [0.5, 0.6) is 0 Å². The molecule has 1 amide bonds. The fourth-order valence-electron chi connectivity index (χ4n) is 2.74. The fraction of sp³-hybridized carbons (Fsp3) is 0.333. The quantitative estimate of drug-likeness (QED) is 0.426. The lowest BCUT2D eigenvalue weighted by Gasteiger charge is -2.17. The molecule has 0 unspecified atom stereocenters. The summed E-state index contributed by atoms with van der Waals surface area (Å²) in [5.74, 6) is -0.979. The topological polar surface area (TPSA) is 109 Å². The minimum absolute atomic E-state index is 0.0760. The van der Waals surface area contributed by atoms with Gasteiger partial charge >= 0.3 is 0 Å². The van der Waals surface area contributed by atoms with Crippen LogP contribution >= 0.6 is 11.6 Å². The van der Waals surface area contributed by atoms with Crippen molar-refractivity contribution in [2.75, 3.05) is 22.9 Å². The van der Waals surface area contributed by atoms with Crippen LogP contribution in [0.1, 0.15) is 41.6 Å². The third-order valence-electron chi connectivity index (χ3n) is 4.14. The van der Waals surface area contributed by atoms with E-state index < -0.39 is 21.7 Å². The molecule has 0 radical (unpaired) electrons. The van der Waals surface area contributed by atoms with Crippen molar-refractivity contribution in [2.45, 2.75) is 25.7 Å². The van der Waals surface area contributed by atoms with E-state index >= 15 is 0 Å². The molecule has 1 saturated carbocycles. The number of hydrogen-bond donors (Lipinski definition) is 3. The van der Waals surface area contributed by atoms with E-state index in [0.29, 0.717) is 5.56 Å². The molecule has 11 heteroatoms. The number of nitrogens with one attached hydrogen (secondary N) is 3. The highest BCUT2D eigenvalue weighted by atomic mass is 35.5. The predicted molar refractivity (Wildman–Crippen MR) is 108 cm³/mol. The van der Waals surface area contributed by atoms with Crippen LogP contribution < -0.4 is 15.5 Å². The Morgan fingerprint density at radius 2 is 2.00 bits per heavy atom. The summed E-state index contributed by atoms with van der Waals surface area (Å²) >= 11 is 5.95. The molecule has 0 saturated heterocycles. The number of rotatable bonds is 8. The van der Waals surface area contributed by atoms with Gasteiger partial charge in [-0.25, -0.2) is 23.3 Å². The lowest BCUT2D eigenvalue weighted by Crippen LogP contribution is -2.24. The first kappa shape index (κ1) is 21.3. The number of halogens is 2. The highest BCUT2D eigenvalue weighted by molar-refractivity contribution is 7.92. The molecule has 0 spiro atoms. The number of hydrogen-bond acceptors (Lipinski definition) is 6. The maximum Gasteiger partial charge on any atom is 0.278 e. The summed E-state index contributed by atoms with van der Waals surface area (Å²) < 4.78 is 40.6. The summed E-state index contributed by atoms with van der Waals surface area (Å²) in [5.41, 5.74) is 3.28. The molecule has 8 nitrogen and oxygen atoms in total. The van der Waals surface area contributed by atoms with Crippen LogP contribution in [0, 0.1) is 5.82 Å². The standard InChI is InChI=1S/C18H20ClFN4O4S/c1-3-28-23-18(25)12-9-21-17(19)8-14(12)22-15-7-13(20)11(10-4-5-10)6-16(15)24-29(2,26)27/h6-10,24H,3-5H2,1-2H3,(H,21,22)(H,23,25). The largest absolute Gasteiger partial charge is 0.353 e. The van der Waals surface area contributed by atoms with Gasteiger partial charge in [-0.1, -0.05) is 11.6 Å². The van der Waals surface area contributed by atoms with Gasteiger partial charge in [-0.2, -0.15) is 0 Å². The van der Waals surface area contributed by atoms with E-state index in [1.807, 2.05) is 0 Å². The Morgan fingerprint density at radius 1 is 1.28 bits per heavy atom. The number of carbonyl (C=O) groups is 1. The van der Waals surface area contributed by atoms with E-state index in [1.165, 1.54) is 24.4 Å². The molecule has 0 aliphatic heterocycles. The summed E-state index contributed by atoms with van der Waals surface area (Å²) in [4.78, 5) is 21.1. The molecule has 0 bridgehead atoms. The van der Waals surface area contributed by atoms with Crippen molar-refractivity contribution in [3.8, 4) is 0 Å². The molecule has 3 N–H and O–H groups in total. The minimum atomic E-state index is -3.62. The zero-order valence-corrected chi connectivity index (χ0v) is 17.3. The second kappa shape index (κ2) is 8.52. The number of aromatic nitrogens is 1. The summed E-state index contributed by atoms with van der Waals surface area (Å²) in [6, 6.07) is 4.04. The molecule has 3 rings (SSSR count). The van der Waals surface area contributed by atoms with E-state index in [4.69, 9.17) is 16.4 Å². The molecule has 29 heavy (non-hydrogen) atoms. The maximum atomic E-state index is 14.6. The second-order valence-corrected chi connectivity index (χ2v) is 8.75. The fourth-order valence-corrected chi connectivity index (χ4v) is 3.46. The summed E-state index contributed by atoms with van der Waals surface area (Å²) in [6.07, 6.45) is 3.94. The number of carbonyl (C=O) groups excluding carboxylic acids is 1. The molecular weight excluding hydrogens is 423 g/mol. The van der Waals surface area contributed by atoms with Crippen molar-refractivity contribution in [3.05, 3.63) is 46.5 Å². The number of pyridine rings is 1. The van der Waals surface area contributed by atoms with Crippen LogP contribution in [0.3, 0.4) is 0 Å². The second-order valence-electron chi connectivity index (χ2n) is 6.61. The van der Waals surface area contributed by atoms with Crippen LogP contribution in [-0.4, -0.2) is 32.2 Å². The Labute approximate surface area is 172 Å². The van der Waals surface area contributed by atoms with Gasteiger partial charge in [0, 0.05) is 6.20 Å². The van der Waals surface area contributed by atoms with Gasteiger partial charge in [-0.15, -0.1) is 0 Å². The van der Waals surface area contributed by atoms with Gasteiger partial charge in [-0.05, 0) is 49.4 Å². The Kier molecular flexibility index (Phi) is 6.25. The third kappa shape index (κ3) is 5.55. The lowest BCUT2D eigenvalue weighted by molar-refractivity contribution is 0.0365. The molecule has 1 aromatic carbocycles. The number of anilines is 3. The molecule has 1 fully saturated rings. The van der Waals surface area contributed by atoms with E-state index in [-0.39, 0.29) is 40.3 Å². The Hall–Kier alpha value is -2.43. The maximum absolute atomic E-state index is 14.6. The van der Waals surface area contributed by atoms with Crippen molar-refractivity contribution in [3.63, 3.8) is 0 Å². The summed E-state index contributed by atoms with van der Waals surface area (Å²) in [6.45, 7) is 1.96. The van der Waals surface area contributed by atoms with E-state index in [2.05, 4.69) is 20.5 Å². The average molecular weight is 443 g/mol. The number of nitrogens with zero attached hydrogens (tertiary/aromatic N) is 1. The molecule has 1 aromatic heterocycles. The van der Waals surface area contributed by atoms with Crippen molar-refractivity contribution in [1.82, 2.24) is 10.5 Å². The SMILES string of the molecule is CCONC(=O)c1cnc(Cl)cc1Nc1cc(F)c(C2CC2)cc1NS(C)(=O)=O. The van der Waals surface area contributed by atoms with Crippen LogP contribution in [0.15, 0.2) is 24.4 Å². The van der Waals surface area contributed by atoms with E-state index in [0.717, 1.165) is 19.1 Å². The number of benzene rings is 1. The van der Waals surface area contributed by atoms with E-state index in [1.54, 1.807) is 6.92 Å². The number of amides is 1. The third-order valence-corrected chi connectivity index (χ3v) is 4.94. The molecule has 1 aliphatic rings. The first-order valence-electron chi connectivity index (χ1n) is 8.84. The Morgan fingerprint density at radius 3 is 2.62 bits per heavy atom. The van der Waals surface area contributed by atoms with Crippen molar-refractivity contribution in [1.29, 1.82) is 0 Å². The number of hydroxylamine groups is 1. The minimum Gasteiger partial charge on any atom is -0.353 e. The van der Waals surface area contributed by atoms with Gasteiger partial charge in [0.2, 0.25) is 10.0 Å². The van der Waals surface area contributed by atoms with Crippen LogP contribution in [0.4, 0.5) is 21.5 Å². The highest BCUT2D eigenvalue weighted by Crippen LogP contribution is 2.44. The number of sulfonamides is 1. The van der Waals surface area contributed by atoms with Gasteiger partial charge in [0.15, 0.2) is 0 Å². The van der Waals surface area contributed by atoms with Crippen LogP contribution in [0.25, 0.3) is 0 Å². The summed E-state index contributed by atoms with van der Waals surface area (Å²) in [7, 11) is -3.62. The normalized spacial score (nSPS) is 13.8. The van der Waals surface area contributed by atoms with Gasteiger partial charge < -0.3 is 5.32 Å². The average Bonchev–Trinajstić information content (AvgIpc) is 3.46. The van der Waals surface area contributed by atoms with Crippen molar-refractivity contribution < 1.29 is 22.4 Å². The molecular formula is C18H20ClFN4O4S. The van der Waals surface area contributed by atoms with Gasteiger partial charge in [0.05, 0.1) is 35.5 Å². The Bertz CT molecular complexity index is 1040. The monoisotopic (exact) mass is 442 g/mol. The molecule has 1 aliphatic carbocycles. The van der Waals surface area contributed by atoms with Gasteiger partial charge in [0.1, 0.15) is 11.0 Å². The van der Waals surface area contributed by atoms with Crippen molar-refractivity contribution in [2.24, 2.45) is 0 Å². The summed E-state index contributed by atoms with van der Waals surface area (Å²) in [5, 5.41) is 2.97. The van der Waals surface area contributed by atoms with Gasteiger partial charge in [0.25, 0.3) is 5.91 Å². The molecule has 1 heterocycles. The zero-order chi connectivity index (χ0) is 21.2. The van der Waals surface area contributed by atoms with Crippen LogP contribution in [0.2, 0.25) is 5.15 Å². The van der Waals surface area contributed by atoms with Crippen molar-refractivity contribution >= 4 is 44.6 Å². The molecule has 2 aromatic rings. The molecule has 156 valence electrons. The smallest absolute Gasteiger partial charge is 0.278 e. The first-order chi connectivity index (χ1) is 13.7. The zero-order valence-electron chi connectivity index (χ0n) is 15.8. The predicted octanol–water partition coefficient (Wildman–Crippen LogP) is 3.55. The Balaban J connectivity index is 2.02. The molecule has 0 atom stereocenters. The first-order valence-corrected chi connectivity index (χ1v) is 11.1.